The molecule has 3 aromatic rings. The number of nitrogens with zero attached hydrogens (tertiary/aromatic N) is 2. The fraction of sp³-hybridized carbons (Fsp3) is 0.125. The average molecular weight is 401 g/mol. The molecule has 2 aromatic heterocycles. The number of hydrogen-bond acceptors (Lipinski definition) is 5. The Morgan fingerprint density at radius 2 is 1.85 bits per heavy atom. The van der Waals surface area contributed by atoms with Crippen LogP contribution in [-0.4, -0.2) is 18.6 Å². The molecule has 0 fully saturated rings. The summed E-state index contributed by atoms with van der Waals surface area (Å²) in [6.07, 6.45) is -4.92. The van der Waals surface area contributed by atoms with Gasteiger partial charge in [0.1, 0.15) is 16.4 Å². The van der Waals surface area contributed by atoms with Crippen LogP contribution in [0.5, 0.6) is 0 Å². The number of benzene rings is 1. The first-order valence-corrected chi connectivity index (χ1v) is 8.86. The number of pyridine rings is 1. The van der Waals surface area contributed by atoms with Crippen molar-refractivity contribution in [1.82, 2.24) is 10.1 Å². The van der Waals surface area contributed by atoms with E-state index in [0.29, 0.717) is 11.8 Å². The van der Waals surface area contributed by atoms with Gasteiger partial charge in [-0.3, -0.25) is 4.98 Å². The highest BCUT2D eigenvalue weighted by Gasteiger charge is 2.41. The second kappa shape index (κ2) is 6.43. The van der Waals surface area contributed by atoms with Crippen molar-refractivity contribution in [3.05, 3.63) is 53.7 Å². The summed E-state index contributed by atoms with van der Waals surface area (Å²) in [5, 5.41) is 8.32. The standard InChI is InChI=1S/C16H11F4N3O3S/c1-8-3-2-4-11(22-8)14-13(15(26-23-14)16(18,19)20)9-5-6-12(10(17)7-9)27(21,24)25/h2-7H,1H3,(H2,21,24,25). The van der Waals surface area contributed by atoms with Gasteiger partial charge in [0.15, 0.2) is 0 Å². The lowest BCUT2D eigenvalue weighted by Gasteiger charge is -2.09. The monoisotopic (exact) mass is 401 g/mol. The SMILES string of the molecule is Cc1cccc(-c2noc(C(F)(F)F)c2-c2ccc(S(N)(=O)=O)c(F)c2)n1. The molecular weight excluding hydrogens is 390 g/mol. The normalized spacial score (nSPS) is 12.4. The minimum Gasteiger partial charge on any atom is -0.350 e. The van der Waals surface area contributed by atoms with E-state index >= 15 is 0 Å². The summed E-state index contributed by atoms with van der Waals surface area (Å²) in [5.41, 5.74) is -0.494. The van der Waals surface area contributed by atoms with Crippen LogP contribution in [0.2, 0.25) is 0 Å². The molecule has 2 N–H and O–H groups in total. The van der Waals surface area contributed by atoms with E-state index in [1.165, 1.54) is 6.07 Å². The van der Waals surface area contributed by atoms with Crippen molar-refractivity contribution in [3.8, 4) is 22.5 Å². The number of aromatic nitrogens is 2. The summed E-state index contributed by atoms with van der Waals surface area (Å²) in [4.78, 5) is 3.26. The molecule has 0 spiro atoms. The maximum atomic E-state index is 14.2. The van der Waals surface area contributed by atoms with Crippen LogP contribution in [0.1, 0.15) is 11.5 Å². The molecule has 1 aromatic carbocycles. The maximum Gasteiger partial charge on any atom is 0.453 e. The minimum atomic E-state index is -4.92. The number of primary sulfonamides is 1. The molecule has 0 saturated heterocycles. The smallest absolute Gasteiger partial charge is 0.350 e. The van der Waals surface area contributed by atoms with Crippen LogP contribution in [0.25, 0.3) is 22.5 Å². The molecule has 0 amide bonds. The lowest BCUT2D eigenvalue weighted by molar-refractivity contribution is -0.154. The van der Waals surface area contributed by atoms with Crippen LogP contribution >= 0.6 is 0 Å². The molecule has 0 unspecified atom stereocenters. The summed E-state index contributed by atoms with van der Waals surface area (Å²) in [7, 11) is -4.37. The first-order chi connectivity index (χ1) is 12.5. The molecule has 0 radical (unpaired) electrons. The predicted molar refractivity (Wildman–Crippen MR) is 86.2 cm³/mol. The molecule has 0 atom stereocenters. The third kappa shape index (κ3) is 3.69. The van der Waals surface area contributed by atoms with E-state index in [4.69, 9.17) is 5.14 Å². The fourth-order valence-electron chi connectivity index (χ4n) is 2.49. The summed E-state index contributed by atoms with van der Waals surface area (Å²) < 4.78 is 81.3. The zero-order chi connectivity index (χ0) is 20.0. The molecule has 27 heavy (non-hydrogen) atoms. The van der Waals surface area contributed by atoms with Crippen LogP contribution in [0.3, 0.4) is 0 Å². The Bertz CT molecular complexity index is 1120. The van der Waals surface area contributed by atoms with Crippen molar-refractivity contribution in [2.24, 2.45) is 5.14 Å². The first-order valence-electron chi connectivity index (χ1n) is 7.32. The van der Waals surface area contributed by atoms with Gasteiger partial charge in [0, 0.05) is 5.69 Å². The summed E-state index contributed by atoms with van der Waals surface area (Å²) in [6, 6.07) is 7.01. The quantitative estimate of drug-likeness (QED) is 0.677. The van der Waals surface area contributed by atoms with Crippen molar-refractivity contribution in [3.63, 3.8) is 0 Å². The third-order valence-electron chi connectivity index (χ3n) is 3.61. The molecule has 0 aliphatic carbocycles. The number of sulfonamides is 1. The predicted octanol–water partition coefficient (Wildman–Crippen LogP) is 3.52. The van der Waals surface area contributed by atoms with Crippen LogP contribution in [0.4, 0.5) is 17.6 Å². The summed E-state index contributed by atoms with van der Waals surface area (Å²) >= 11 is 0. The summed E-state index contributed by atoms with van der Waals surface area (Å²) in [5.74, 6) is -2.75. The molecular formula is C16H11F4N3O3S. The van der Waals surface area contributed by atoms with Gasteiger partial charge < -0.3 is 4.52 Å². The lowest BCUT2D eigenvalue weighted by Crippen LogP contribution is -2.14. The number of hydrogen-bond donors (Lipinski definition) is 1. The highest BCUT2D eigenvalue weighted by atomic mass is 32.2. The zero-order valence-electron chi connectivity index (χ0n) is 13.6. The number of halogens is 4. The van der Waals surface area contributed by atoms with Crippen molar-refractivity contribution < 1.29 is 30.5 Å². The van der Waals surface area contributed by atoms with Gasteiger partial charge in [-0.1, -0.05) is 17.3 Å². The molecule has 0 saturated carbocycles. The van der Waals surface area contributed by atoms with Gasteiger partial charge in [0.25, 0.3) is 0 Å². The Morgan fingerprint density at radius 3 is 2.41 bits per heavy atom. The topological polar surface area (TPSA) is 99.1 Å². The second-order valence-electron chi connectivity index (χ2n) is 5.59. The first kappa shape index (κ1) is 19.0. The summed E-state index contributed by atoms with van der Waals surface area (Å²) in [6.45, 7) is 1.63. The molecule has 142 valence electrons. The Balaban J connectivity index is 2.28. The van der Waals surface area contributed by atoms with Crippen LogP contribution in [-0.2, 0) is 16.2 Å². The van der Waals surface area contributed by atoms with Crippen LogP contribution in [0.15, 0.2) is 45.8 Å². The van der Waals surface area contributed by atoms with Gasteiger partial charge in [-0.2, -0.15) is 13.2 Å². The van der Waals surface area contributed by atoms with E-state index in [1.54, 1.807) is 19.1 Å². The number of nitrogens with two attached hydrogens (primary N) is 1. The molecule has 0 bridgehead atoms. The van der Waals surface area contributed by atoms with Crippen LogP contribution in [0, 0.1) is 12.7 Å². The Morgan fingerprint density at radius 1 is 1.15 bits per heavy atom. The maximum absolute atomic E-state index is 14.2. The zero-order valence-corrected chi connectivity index (χ0v) is 14.4. The number of rotatable bonds is 3. The Labute approximate surface area is 150 Å². The van der Waals surface area contributed by atoms with E-state index in [0.717, 1.165) is 12.1 Å². The minimum absolute atomic E-state index is 0.0835. The lowest BCUT2D eigenvalue weighted by atomic mass is 10.0. The van der Waals surface area contributed by atoms with E-state index in [2.05, 4.69) is 14.7 Å². The van der Waals surface area contributed by atoms with Gasteiger partial charge >= 0.3 is 6.18 Å². The number of aryl methyl sites for hydroxylation is 1. The second-order valence-corrected chi connectivity index (χ2v) is 7.12. The van der Waals surface area contributed by atoms with Crippen LogP contribution < -0.4 is 5.14 Å². The van der Waals surface area contributed by atoms with Gasteiger partial charge in [0.05, 0.1) is 11.3 Å². The van der Waals surface area contributed by atoms with Gasteiger partial charge in [-0.15, -0.1) is 0 Å². The Kier molecular flexibility index (Phi) is 4.52. The van der Waals surface area contributed by atoms with E-state index in [-0.39, 0.29) is 17.0 Å². The largest absolute Gasteiger partial charge is 0.453 e. The molecule has 2 heterocycles. The average Bonchev–Trinajstić information content (AvgIpc) is 2.98. The van der Waals surface area contributed by atoms with E-state index < -0.39 is 38.2 Å². The van der Waals surface area contributed by atoms with Crippen molar-refractivity contribution in [1.29, 1.82) is 0 Å². The molecule has 6 nitrogen and oxygen atoms in total. The van der Waals surface area contributed by atoms with Gasteiger partial charge in [-0.05, 0) is 36.8 Å². The fourth-order valence-corrected chi connectivity index (χ4v) is 3.08. The molecule has 0 aliphatic rings. The van der Waals surface area contributed by atoms with Crippen molar-refractivity contribution in [2.45, 2.75) is 18.0 Å². The van der Waals surface area contributed by atoms with E-state index in [9.17, 15) is 26.0 Å². The highest BCUT2D eigenvalue weighted by molar-refractivity contribution is 7.89. The molecule has 0 aliphatic heterocycles. The highest BCUT2D eigenvalue weighted by Crippen LogP contribution is 2.42. The van der Waals surface area contributed by atoms with E-state index in [1.807, 2.05) is 0 Å². The molecule has 3 rings (SSSR count). The van der Waals surface area contributed by atoms with Crippen molar-refractivity contribution >= 4 is 10.0 Å². The third-order valence-corrected chi connectivity index (χ3v) is 4.55. The molecule has 11 heteroatoms. The Hall–Kier alpha value is -2.79. The van der Waals surface area contributed by atoms with Gasteiger partial charge in [0.2, 0.25) is 15.8 Å². The van der Waals surface area contributed by atoms with Crippen molar-refractivity contribution in [2.75, 3.05) is 0 Å². The number of alkyl halides is 3. The van der Waals surface area contributed by atoms with Gasteiger partial charge in [-0.25, -0.2) is 17.9 Å².